The number of halogens is 1. The summed E-state index contributed by atoms with van der Waals surface area (Å²) in [6, 6.07) is 3.39. The van der Waals surface area contributed by atoms with Gasteiger partial charge in [-0.1, -0.05) is 18.0 Å². The van der Waals surface area contributed by atoms with Crippen LogP contribution in [-0.2, 0) is 4.79 Å². The van der Waals surface area contributed by atoms with Crippen LogP contribution in [-0.4, -0.2) is 34.9 Å². The molecule has 1 atom stereocenters. The monoisotopic (exact) mass is 267 g/mol. The fraction of sp³-hybridized carbons (Fsp3) is 0.538. The van der Waals surface area contributed by atoms with E-state index in [1.54, 1.807) is 18.3 Å². The molecule has 0 spiro atoms. The number of pyridine rings is 1. The Morgan fingerprint density at radius 1 is 1.44 bits per heavy atom. The third-order valence-corrected chi connectivity index (χ3v) is 3.64. The summed E-state index contributed by atoms with van der Waals surface area (Å²) in [5.74, 6) is -0.0215. The largest absolute Gasteiger partial charge is 0.322 e. The van der Waals surface area contributed by atoms with E-state index in [2.05, 4.69) is 15.2 Å². The Hall–Kier alpha value is -1.13. The summed E-state index contributed by atoms with van der Waals surface area (Å²) in [5, 5.41) is 3.16. The number of rotatable bonds is 3. The number of nitrogens with one attached hydrogen (secondary N) is 1. The number of hydrogen-bond donors (Lipinski definition) is 1. The van der Waals surface area contributed by atoms with Gasteiger partial charge in [0, 0.05) is 6.20 Å². The van der Waals surface area contributed by atoms with Crippen LogP contribution in [0.2, 0.25) is 5.15 Å². The van der Waals surface area contributed by atoms with E-state index < -0.39 is 0 Å². The zero-order valence-electron chi connectivity index (χ0n) is 10.5. The van der Waals surface area contributed by atoms with Gasteiger partial charge < -0.3 is 5.32 Å². The second-order valence-corrected chi connectivity index (χ2v) is 4.96. The van der Waals surface area contributed by atoms with Crippen LogP contribution in [0.3, 0.4) is 0 Å². The first kappa shape index (κ1) is 13.3. The smallest absolute Gasteiger partial charge is 0.241 e. The Morgan fingerprint density at radius 2 is 2.17 bits per heavy atom. The minimum absolute atomic E-state index is 0.0215. The molecule has 98 valence electrons. The van der Waals surface area contributed by atoms with Crippen LogP contribution in [0.5, 0.6) is 0 Å². The van der Waals surface area contributed by atoms with Gasteiger partial charge in [0.05, 0.1) is 11.7 Å². The van der Waals surface area contributed by atoms with Crippen molar-refractivity contribution >= 4 is 23.2 Å². The lowest BCUT2D eigenvalue weighted by Gasteiger charge is -2.31. The number of carbonyl (C=O) groups excluding carboxylic acids is 1. The minimum Gasteiger partial charge on any atom is -0.322 e. The van der Waals surface area contributed by atoms with Gasteiger partial charge in [-0.3, -0.25) is 9.69 Å². The van der Waals surface area contributed by atoms with Crippen molar-refractivity contribution in [3.63, 3.8) is 0 Å². The SMILES string of the molecule is C[C@@H](C(=O)Nc1cccnc1Cl)N1CCCCC1. The van der Waals surface area contributed by atoms with Crippen molar-refractivity contribution < 1.29 is 4.79 Å². The Bertz CT molecular complexity index is 418. The Kier molecular flexibility index (Phi) is 4.55. The molecular formula is C13H18ClN3O. The van der Waals surface area contributed by atoms with Gasteiger partial charge in [0.15, 0.2) is 5.15 Å². The molecule has 0 radical (unpaired) electrons. The van der Waals surface area contributed by atoms with Crippen LogP contribution in [0, 0.1) is 0 Å². The summed E-state index contributed by atoms with van der Waals surface area (Å²) >= 11 is 5.92. The first-order valence-corrected chi connectivity index (χ1v) is 6.71. The van der Waals surface area contributed by atoms with E-state index in [1.807, 2.05) is 6.92 Å². The van der Waals surface area contributed by atoms with Crippen LogP contribution < -0.4 is 5.32 Å². The van der Waals surface area contributed by atoms with Gasteiger partial charge in [-0.25, -0.2) is 4.98 Å². The average Bonchev–Trinajstić information content (AvgIpc) is 2.41. The van der Waals surface area contributed by atoms with Crippen LogP contribution in [0.1, 0.15) is 26.2 Å². The summed E-state index contributed by atoms with van der Waals surface area (Å²) in [6.45, 7) is 3.93. The van der Waals surface area contributed by atoms with Crippen molar-refractivity contribution in [2.24, 2.45) is 0 Å². The van der Waals surface area contributed by atoms with E-state index in [4.69, 9.17) is 11.6 Å². The molecular weight excluding hydrogens is 250 g/mol. The molecule has 1 saturated heterocycles. The normalized spacial score (nSPS) is 18.3. The van der Waals surface area contributed by atoms with Crippen LogP contribution >= 0.6 is 11.6 Å². The van der Waals surface area contributed by atoms with Crippen molar-refractivity contribution in [1.29, 1.82) is 0 Å². The Morgan fingerprint density at radius 3 is 2.83 bits per heavy atom. The second kappa shape index (κ2) is 6.16. The predicted octanol–water partition coefficient (Wildman–Crippen LogP) is 2.55. The molecule has 0 unspecified atom stereocenters. The summed E-state index contributed by atoms with van der Waals surface area (Å²) in [5.41, 5.74) is 0.577. The van der Waals surface area contributed by atoms with E-state index in [1.165, 1.54) is 19.3 Å². The maximum atomic E-state index is 12.1. The minimum atomic E-state index is -0.124. The quantitative estimate of drug-likeness (QED) is 0.856. The van der Waals surface area contributed by atoms with E-state index in [0.29, 0.717) is 10.8 Å². The highest BCUT2D eigenvalue weighted by Gasteiger charge is 2.23. The third kappa shape index (κ3) is 3.21. The van der Waals surface area contributed by atoms with E-state index in [9.17, 15) is 4.79 Å². The molecule has 0 bridgehead atoms. The maximum absolute atomic E-state index is 12.1. The lowest BCUT2D eigenvalue weighted by Crippen LogP contribution is -2.44. The van der Waals surface area contributed by atoms with Gasteiger partial charge in [0.25, 0.3) is 0 Å². The van der Waals surface area contributed by atoms with Gasteiger partial charge in [0.1, 0.15) is 0 Å². The molecule has 18 heavy (non-hydrogen) atoms. The lowest BCUT2D eigenvalue weighted by atomic mass is 10.1. The number of carbonyl (C=O) groups is 1. The molecule has 2 rings (SSSR count). The summed E-state index contributed by atoms with van der Waals surface area (Å²) < 4.78 is 0. The highest BCUT2D eigenvalue weighted by Crippen LogP contribution is 2.19. The molecule has 5 heteroatoms. The number of hydrogen-bond acceptors (Lipinski definition) is 3. The first-order valence-electron chi connectivity index (χ1n) is 6.34. The molecule has 2 heterocycles. The van der Waals surface area contributed by atoms with E-state index in [0.717, 1.165) is 13.1 Å². The van der Waals surface area contributed by atoms with Crippen molar-refractivity contribution in [1.82, 2.24) is 9.88 Å². The number of likely N-dealkylation sites (tertiary alicyclic amines) is 1. The van der Waals surface area contributed by atoms with Crippen molar-refractivity contribution in [2.75, 3.05) is 18.4 Å². The summed E-state index contributed by atoms with van der Waals surface area (Å²) in [6.07, 6.45) is 5.21. The van der Waals surface area contributed by atoms with Crippen molar-refractivity contribution in [3.05, 3.63) is 23.5 Å². The molecule has 4 nitrogen and oxygen atoms in total. The maximum Gasteiger partial charge on any atom is 0.241 e. The standard InChI is InChI=1S/C13H18ClN3O/c1-10(17-8-3-2-4-9-17)13(18)16-11-6-5-7-15-12(11)14/h5-7,10H,2-4,8-9H2,1H3,(H,16,18)/t10-/m0/s1. The van der Waals surface area contributed by atoms with Crippen LogP contribution in [0.4, 0.5) is 5.69 Å². The number of nitrogens with zero attached hydrogens (tertiary/aromatic N) is 2. The summed E-state index contributed by atoms with van der Waals surface area (Å²) in [4.78, 5) is 18.3. The average molecular weight is 268 g/mol. The summed E-state index contributed by atoms with van der Waals surface area (Å²) in [7, 11) is 0. The molecule has 1 aliphatic rings. The van der Waals surface area contributed by atoms with Gasteiger partial charge in [-0.15, -0.1) is 0 Å². The van der Waals surface area contributed by atoms with E-state index >= 15 is 0 Å². The fourth-order valence-electron chi connectivity index (χ4n) is 2.19. The molecule has 1 aromatic heterocycles. The molecule has 0 aromatic carbocycles. The highest BCUT2D eigenvalue weighted by atomic mass is 35.5. The van der Waals surface area contributed by atoms with Gasteiger partial charge in [0.2, 0.25) is 5.91 Å². The molecule has 0 saturated carbocycles. The second-order valence-electron chi connectivity index (χ2n) is 4.60. The third-order valence-electron chi connectivity index (χ3n) is 3.33. The predicted molar refractivity (Wildman–Crippen MR) is 72.8 cm³/mol. The molecule has 1 N–H and O–H groups in total. The molecule has 1 aliphatic heterocycles. The Labute approximate surface area is 112 Å². The van der Waals surface area contributed by atoms with E-state index in [-0.39, 0.29) is 11.9 Å². The fourth-order valence-corrected chi connectivity index (χ4v) is 2.35. The molecule has 1 aromatic rings. The van der Waals surface area contributed by atoms with Gasteiger partial charge in [-0.2, -0.15) is 0 Å². The molecule has 0 aliphatic carbocycles. The zero-order chi connectivity index (χ0) is 13.0. The van der Waals surface area contributed by atoms with Gasteiger partial charge >= 0.3 is 0 Å². The van der Waals surface area contributed by atoms with Crippen LogP contribution in [0.25, 0.3) is 0 Å². The number of piperidine rings is 1. The lowest BCUT2D eigenvalue weighted by molar-refractivity contribution is -0.121. The number of aromatic nitrogens is 1. The molecule has 1 amide bonds. The van der Waals surface area contributed by atoms with Crippen molar-refractivity contribution in [2.45, 2.75) is 32.2 Å². The van der Waals surface area contributed by atoms with Crippen molar-refractivity contribution in [3.8, 4) is 0 Å². The number of amides is 1. The first-order chi connectivity index (χ1) is 8.68. The zero-order valence-corrected chi connectivity index (χ0v) is 11.3. The topological polar surface area (TPSA) is 45.2 Å². The number of anilines is 1. The van der Waals surface area contributed by atoms with Crippen LogP contribution in [0.15, 0.2) is 18.3 Å². The Balaban J connectivity index is 1.97. The molecule has 1 fully saturated rings. The van der Waals surface area contributed by atoms with Gasteiger partial charge in [-0.05, 0) is 45.0 Å². The highest BCUT2D eigenvalue weighted by molar-refractivity contribution is 6.32.